The average Bonchev–Trinajstić information content (AvgIpc) is 2.95. The molecule has 1 heterocycles. The number of rotatable bonds is 3. The van der Waals surface area contributed by atoms with Gasteiger partial charge in [0, 0.05) is 23.1 Å². The van der Waals surface area contributed by atoms with E-state index in [2.05, 4.69) is 4.98 Å². The number of fused-ring (bicyclic) bond motifs is 3. The van der Waals surface area contributed by atoms with Crippen LogP contribution in [0.3, 0.4) is 0 Å². The molecule has 4 rings (SSSR count). The molecule has 0 atom stereocenters. The standard InChI is InChI=1S/C16H21F3N2O/c1-11(2)21-9-12(16(17,18)19)20-13(21)15-6-3-14(10-22,4-7-15)5-8-15/h9-11H,3-8H2,1-2H3. The summed E-state index contributed by atoms with van der Waals surface area (Å²) in [6.07, 6.45) is 2.36. The van der Waals surface area contributed by atoms with E-state index in [1.807, 2.05) is 13.8 Å². The van der Waals surface area contributed by atoms with Crippen molar-refractivity contribution in [3.8, 4) is 0 Å². The van der Waals surface area contributed by atoms with Crippen molar-refractivity contribution in [1.29, 1.82) is 0 Å². The quantitative estimate of drug-likeness (QED) is 0.781. The Bertz CT molecular complexity index is 564. The molecule has 3 aliphatic rings. The lowest BCUT2D eigenvalue weighted by Gasteiger charge is -2.50. The Morgan fingerprint density at radius 1 is 1.18 bits per heavy atom. The molecule has 2 bridgehead atoms. The number of alkyl halides is 3. The van der Waals surface area contributed by atoms with Crippen LogP contribution >= 0.6 is 0 Å². The van der Waals surface area contributed by atoms with Crippen molar-refractivity contribution in [2.45, 2.75) is 70.0 Å². The number of hydrogen-bond acceptors (Lipinski definition) is 2. The fraction of sp³-hybridized carbons (Fsp3) is 0.750. The molecule has 1 aromatic rings. The molecule has 0 aliphatic heterocycles. The van der Waals surface area contributed by atoms with Crippen LogP contribution in [0.4, 0.5) is 13.2 Å². The molecular formula is C16H21F3N2O. The number of nitrogens with zero attached hydrogens (tertiary/aromatic N) is 2. The van der Waals surface area contributed by atoms with Crippen LogP contribution in [0.25, 0.3) is 0 Å². The Morgan fingerprint density at radius 2 is 1.73 bits per heavy atom. The molecule has 3 fully saturated rings. The van der Waals surface area contributed by atoms with Gasteiger partial charge in [0.2, 0.25) is 0 Å². The van der Waals surface area contributed by atoms with E-state index in [0.717, 1.165) is 51.0 Å². The van der Waals surface area contributed by atoms with E-state index in [1.54, 1.807) is 4.57 Å². The second-order valence-electron chi connectivity index (χ2n) is 7.21. The number of aromatic nitrogens is 2. The Balaban J connectivity index is 2.01. The summed E-state index contributed by atoms with van der Waals surface area (Å²) < 4.78 is 40.8. The molecule has 0 spiro atoms. The first-order valence-electron chi connectivity index (χ1n) is 7.84. The maximum absolute atomic E-state index is 13.0. The lowest BCUT2D eigenvalue weighted by Crippen LogP contribution is -2.46. The van der Waals surface area contributed by atoms with Crippen molar-refractivity contribution in [2.75, 3.05) is 0 Å². The van der Waals surface area contributed by atoms with Crippen LogP contribution in [0.15, 0.2) is 6.20 Å². The Morgan fingerprint density at radius 3 is 2.14 bits per heavy atom. The van der Waals surface area contributed by atoms with Gasteiger partial charge in [-0.3, -0.25) is 0 Å². The summed E-state index contributed by atoms with van der Waals surface area (Å²) in [5, 5.41) is 0. The molecule has 3 saturated carbocycles. The number of aldehydes is 1. The summed E-state index contributed by atoms with van der Waals surface area (Å²) in [7, 11) is 0. The molecule has 0 unspecified atom stereocenters. The minimum Gasteiger partial charge on any atom is -0.331 e. The van der Waals surface area contributed by atoms with Gasteiger partial charge in [0.25, 0.3) is 0 Å². The summed E-state index contributed by atoms with van der Waals surface area (Å²) in [6.45, 7) is 3.76. The highest BCUT2D eigenvalue weighted by Gasteiger charge is 2.52. The van der Waals surface area contributed by atoms with Gasteiger partial charge in [-0.05, 0) is 52.4 Å². The molecule has 22 heavy (non-hydrogen) atoms. The van der Waals surface area contributed by atoms with Crippen LogP contribution in [0.1, 0.15) is 69.9 Å². The summed E-state index contributed by atoms with van der Waals surface area (Å²) in [5.74, 6) is 0.564. The molecule has 3 aliphatic carbocycles. The number of halogens is 3. The van der Waals surface area contributed by atoms with Crippen molar-refractivity contribution in [2.24, 2.45) is 5.41 Å². The number of carbonyl (C=O) groups excluding carboxylic acids is 1. The Kier molecular flexibility index (Phi) is 3.42. The molecule has 3 nitrogen and oxygen atoms in total. The fourth-order valence-corrected chi connectivity index (χ4v) is 4.04. The second kappa shape index (κ2) is 4.83. The minimum atomic E-state index is -4.42. The molecule has 0 amide bonds. The lowest BCUT2D eigenvalue weighted by atomic mass is 9.54. The maximum atomic E-state index is 13.0. The van der Waals surface area contributed by atoms with Gasteiger partial charge >= 0.3 is 6.18 Å². The van der Waals surface area contributed by atoms with Crippen LogP contribution in [-0.2, 0) is 16.4 Å². The molecule has 1 aromatic heterocycles. The van der Waals surface area contributed by atoms with Gasteiger partial charge in [0.05, 0.1) is 0 Å². The first kappa shape index (κ1) is 15.6. The molecule has 0 aromatic carbocycles. The van der Waals surface area contributed by atoms with Crippen LogP contribution in [0.5, 0.6) is 0 Å². The summed E-state index contributed by atoms with van der Waals surface area (Å²) in [5.41, 5.74) is -1.33. The van der Waals surface area contributed by atoms with Gasteiger partial charge in [0.15, 0.2) is 5.69 Å². The maximum Gasteiger partial charge on any atom is 0.434 e. The van der Waals surface area contributed by atoms with Crippen LogP contribution in [0.2, 0.25) is 0 Å². The van der Waals surface area contributed by atoms with Gasteiger partial charge in [-0.2, -0.15) is 13.2 Å². The van der Waals surface area contributed by atoms with Crippen LogP contribution in [-0.4, -0.2) is 15.8 Å². The summed E-state index contributed by atoms with van der Waals surface area (Å²) >= 11 is 0. The molecule has 6 heteroatoms. The molecule has 0 saturated heterocycles. The molecule has 122 valence electrons. The summed E-state index contributed by atoms with van der Waals surface area (Å²) in [6, 6.07) is -0.0624. The first-order valence-corrected chi connectivity index (χ1v) is 7.84. The van der Waals surface area contributed by atoms with E-state index in [4.69, 9.17) is 0 Å². The normalized spacial score (nSPS) is 31.7. The molecule has 0 N–H and O–H groups in total. The third-order valence-electron chi connectivity index (χ3n) is 5.61. The van der Waals surface area contributed by atoms with E-state index >= 15 is 0 Å². The Labute approximate surface area is 127 Å². The van der Waals surface area contributed by atoms with Crippen molar-refractivity contribution in [1.82, 2.24) is 9.55 Å². The lowest BCUT2D eigenvalue weighted by molar-refractivity contribution is -0.141. The third-order valence-corrected chi connectivity index (χ3v) is 5.61. The van der Waals surface area contributed by atoms with E-state index in [1.165, 1.54) is 0 Å². The zero-order valence-corrected chi connectivity index (χ0v) is 12.9. The highest BCUT2D eigenvalue weighted by Crippen LogP contribution is 2.57. The second-order valence-corrected chi connectivity index (χ2v) is 7.21. The average molecular weight is 314 g/mol. The number of carbonyl (C=O) groups is 1. The smallest absolute Gasteiger partial charge is 0.331 e. The van der Waals surface area contributed by atoms with Crippen molar-refractivity contribution in [3.05, 3.63) is 17.7 Å². The van der Waals surface area contributed by atoms with Crippen LogP contribution in [0, 0.1) is 5.41 Å². The van der Waals surface area contributed by atoms with Crippen molar-refractivity contribution >= 4 is 6.29 Å². The first-order chi connectivity index (χ1) is 10.2. The Hall–Kier alpha value is -1.33. The predicted molar refractivity (Wildman–Crippen MR) is 75.5 cm³/mol. The van der Waals surface area contributed by atoms with E-state index in [9.17, 15) is 18.0 Å². The topological polar surface area (TPSA) is 34.9 Å². The SMILES string of the molecule is CC(C)n1cc(C(F)(F)F)nc1C12CCC(C=O)(CC1)CC2. The highest BCUT2D eigenvalue weighted by atomic mass is 19.4. The van der Waals surface area contributed by atoms with Crippen LogP contribution < -0.4 is 0 Å². The van der Waals surface area contributed by atoms with E-state index in [0.29, 0.717) is 5.82 Å². The van der Waals surface area contributed by atoms with Gasteiger partial charge in [0.1, 0.15) is 12.1 Å². The van der Waals surface area contributed by atoms with E-state index < -0.39 is 11.9 Å². The number of imidazole rings is 1. The van der Waals surface area contributed by atoms with Gasteiger partial charge < -0.3 is 9.36 Å². The zero-order chi connectivity index (χ0) is 16.2. The van der Waals surface area contributed by atoms with Crippen molar-refractivity contribution < 1.29 is 18.0 Å². The highest BCUT2D eigenvalue weighted by molar-refractivity contribution is 5.60. The molecule has 0 radical (unpaired) electrons. The minimum absolute atomic E-state index is 0.0624. The summed E-state index contributed by atoms with van der Waals surface area (Å²) in [4.78, 5) is 15.3. The predicted octanol–water partition coefficient (Wildman–Crippen LogP) is 4.27. The van der Waals surface area contributed by atoms with Crippen molar-refractivity contribution in [3.63, 3.8) is 0 Å². The zero-order valence-electron chi connectivity index (χ0n) is 12.9. The molecular weight excluding hydrogens is 293 g/mol. The fourth-order valence-electron chi connectivity index (χ4n) is 4.04. The number of hydrogen-bond donors (Lipinski definition) is 0. The largest absolute Gasteiger partial charge is 0.434 e. The van der Waals surface area contributed by atoms with Gasteiger partial charge in [-0.1, -0.05) is 0 Å². The third kappa shape index (κ3) is 2.27. The van der Waals surface area contributed by atoms with Gasteiger partial charge in [-0.25, -0.2) is 4.98 Å². The van der Waals surface area contributed by atoms with E-state index in [-0.39, 0.29) is 16.9 Å². The van der Waals surface area contributed by atoms with Gasteiger partial charge in [-0.15, -0.1) is 0 Å². The monoisotopic (exact) mass is 314 g/mol.